The van der Waals surface area contributed by atoms with E-state index in [9.17, 15) is 4.79 Å². The van der Waals surface area contributed by atoms with Gasteiger partial charge in [-0.05, 0) is 0 Å². The van der Waals surface area contributed by atoms with E-state index in [0.29, 0.717) is 18.9 Å². The summed E-state index contributed by atoms with van der Waals surface area (Å²) in [5.74, 6) is -0.588. The lowest BCUT2D eigenvalue weighted by Gasteiger charge is -2.04. The fourth-order valence-electron chi connectivity index (χ4n) is 1.28. The van der Waals surface area contributed by atoms with Crippen LogP contribution < -0.4 is 5.32 Å². The molecule has 0 amide bonds. The molecule has 0 fully saturated rings. The molecule has 0 aliphatic rings. The Labute approximate surface area is 107 Å². The van der Waals surface area contributed by atoms with E-state index in [0.717, 1.165) is 0 Å². The molecule has 2 aromatic rings. The van der Waals surface area contributed by atoms with E-state index < -0.39 is 5.97 Å². The zero-order valence-corrected chi connectivity index (χ0v) is 9.69. The first-order chi connectivity index (χ1) is 9.19. The standard InChI is InChI=1S/C10H9N7O2/c11-3-7-4-14-9(5-13-7)12-1-2-17-6-8(10(18)19)15-16-17/h4-6H,1-2H2,(H,12,14)(H,18,19). The number of rotatable bonds is 5. The third-order valence-electron chi connectivity index (χ3n) is 2.17. The molecular formula is C10H9N7O2. The van der Waals surface area contributed by atoms with Crippen molar-refractivity contribution in [2.45, 2.75) is 6.54 Å². The van der Waals surface area contributed by atoms with Crippen LogP contribution in [0.3, 0.4) is 0 Å². The number of aromatic carboxylic acids is 1. The largest absolute Gasteiger partial charge is 0.476 e. The molecule has 0 unspecified atom stereocenters. The maximum Gasteiger partial charge on any atom is 0.358 e. The van der Waals surface area contributed by atoms with Gasteiger partial charge in [0.05, 0.1) is 25.1 Å². The highest BCUT2D eigenvalue weighted by atomic mass is 16.4. The van der Waals surface area contributed by atoms with Crippen molar-refractivity contribution in [3.8, 4) is 6.07 Å². The normalized spacial score (nSPS) is 9.84. The summed E-state index contributed by atoms with van der Waals surface area (Å²) in [6.45, 7) is 0.908. The van der Waals surface area contributed by atoms with Gasteiger partial charge in [-0.3, -0.25) is 0 Å². The molecule has 2 aromatic heterocycles. The minimum Gasteiger partial charge on any atom is -0.476 e. The van der Waals surface area contributed by atoms with E-state index in [1.165, 1.54) is 23.3 Å². The highest BCUT2D eigenvalue weighted by molar-refractivity contribution is 5.84. The van der Waals surface area contributed by atoms with Gasteiger partial charge in [0.15, 0.2) is 11.4 Å². The molecular weight excluding hydrogens is 250 g/mol. The first-order valence-corrected chi connectivity index (χ1v) is 5.28. The average Bonchev–Trinajstić information content (AvgIpc) is 2.89. The van der Waals surface area contributed by atoms with Crippen LogP contribution in [0.15, 0.2) is 18.6 Å². The number of anilines is 1. The lowest BCUT2D eigenvalue weighted by Crippen LogP contribution is -2.12. The van der Waals surface area contributed by atoms with Crippen LogP contribution in [0.2, 0.25) is 0 Å². The summed E-state index contributed by atoms with van der Waals surface area (Å²) in [4.78, 5) is 18.4. The van der Waals surface area contributed by atoms with E-state index >= 15 is 0 Å². The van der Waals surface area contributed by atoms with Crippen LogP contribution >= 0.6 is 0 Å². The number of nitrogens with one attached hydrogen (secondary N) is 1. The van der Waals surface area contributed by atoms with Crippen molar-refractivity contribution in [1.82, 2.24) is 25.0 Å². The smallest absolute Gasteiger partial charge is 0.358 e. The molecule has 0 aromatic carbocycles. The molecule has 0 saturated heterocycles. The predicted molar refractivity (Wildman–Crippen MR) is 62.2 cm³/mol. The van der Waals surface area contributed by atoms with Crippen LogP contribution in [-0.4, -0.2) is 42.6 Å². The van der Waals surface area contributed by atoms with Crippen LogP contribution in [0.5, 0.6) is 0 Å². The molecule has 9 nitrogen and oxygen atoms in total. The molecule has 0 aliphatic heterocycles. The first kappa shape index (κ1) is 12.4. The molecule has 0 atom stereocenters. The fourth-order valence-corrected chi connectivity index (χ4v) is 1.28. The van der Waals surface area contributed by atoms with Crippen molar-refractivity contribution in [1.29, 1.82) is 5.26 Å². The van der Waals surface area contributed by atoms with Gasteiger partial charge >= 0.3 is 5.97 Å². The molecule has 0 aliphatic carbocycles. The molecule has 0 radical (unpaired) electrons. The summed E-state index contributed by atoms with van der Waals surface area (Å²) in [5, 5.41) is 27.3. The van der Waals surface area contributed by atoms with E-state index in [1.54, 1.807) is 0 Å². The third-order valence-corrected chi connectivity index (χ3v) is 2.17. The quantitative estimate of drug-likeness (QED) is 0.751. The second kappa shape index (κ2) is 5.54. The summed E-state index contributed by atoms with van der Waals surface area (Å²) < 4.78 is 1.41. The van der Waals surface area contributed by atoms with Crippen molar-refractivity contribution < 1.29 is 9.90 Å². The monoisotopic (exact) mass is 259 g/mol. The number of carboxylic acids is 1. The number of hydrogen-bond donors (Lipinski definition) is 2. The van der Waals surface area contributed by atoms with Crippen LogP contribution in [0.1, 0.15) is 16.2 Å². The first-order valence-electron chi connectivity index (χ1n) is 5.28. The summed E-state index contributed by atoms with van der Waals surface area (Å²) >= 11 is 0. The molecule has 0 saturated carbocycles. The maximum atomic E-state index is 10.6. The summed E-state index contributed by atoms with van der Waals surface area (Å²) in [7, 11) is 0. The highest BCUT2D eigenvalue weighted by Gasteiger charge is 2.07. The number of carboxylic acid groups (broad SMARTS) is 1. The molecule has 96 valence electrons. The Kier molecular flexibility index (Phi) is 3.63. The van der Waals surface area contributed by atoms with Gasteiger partial charge < -0.3 is 10.4 Å². The Morgan fingerprint density at radius 1 is 1.47 bits per heavy atom. The van der Waals surface area contributed by atoms with Crippen LogP contribution in [0, 0.1) is 11.3 Å². The average molecular weight is 259 g/mol. The molecule has 2 N–H and O–H groups in total. The topological polar surface area (TPSA) is 130 Å². The van der Waals surface area contributed by atoms with Gasteiger partial charge in [0.2, 0.25) is 0 Å². The Hall–Kier alpha value is -3.02. The molecule has 2 heterocycles. The van der Waals surface area contributed by atoms with Gasteiger partial charge in [0.1, 0.15) is 11.9 Å². The van der Waals surface area contributed by atoms with Gasteiger partial charge in [-0.25, -0.2) is 19.4 Å². The molecule has 19 heavy (non-hydrogen) atoms. The summed E-state index contributed by atoms with van der Waals surface area (Å²) in [6.07, 6.45) is 4.15. The number of hydrogen-bond acceptors (Lipinski definition) is 7. The SMILES string of the molecule is N#Cc1cnc(NCCn2cc(C(=O)O)nn2)cn1. The van der Waals surface area contributed by atoms with E-state index in [-0.39, 0.29) is 11.4 Å². The highest BCUT2D eigenvalue weighted by Crippen LogP contribution is 2.00. The van der Waals surface area contributed by atoms with Crippen molar-refractivity contribution in [2.75, 3.05) is 11.9 Å². The van der Waals surface area contributed by atoms with E-state index in [2.05, 4.69) is 25.6 Å². The Bertz CT molecular complexity index is 614. The Morgan fingerprint density at radius 2 is 2.32 bits per heavy atom. The third kappa shape index (κ3) is 3.22. The zero-order chi connectivity index (χ0) is 13.7. The molecule has 2 rings (SSSR count). The van der Waals surface area contributed by atoms with E-state index in [4.69, 9.17) is 10.4 Å². The summed E-state index contributed by atoms with van der Waals surface area (Å²) in [5.41, 5.74) is 0.145. The Morgan fingerprint density at radius 3 is 2.89 bits per heavy atom. The molecule has 0 bridgehead atoms. The van der Waals surface area contributed by atoms with Gasteiger partial charge in [-0.2, -0.15) is 5.26 Å². The van der Waals surface area contributed by atoms with Gasteiger partial charge in [-0.1, -0.05) is 5.21 Å². The predicted octanol–water partition coefficient (Wildman–Crippen LogP) is -0.250. The zero-order valence-electron chi connectivity index (χ0n) is 9.69. The van der Waals surface area contributed by atoms with Gasteiger partial charge in [0.25, 0.3) is 0 Å². The Balaban J connectivity index is 1.85. The minimum atomic E-state index is -1.11. The van der Waals surface area contributed by atoms with Crippen molar-refractivity contribution in [2.24, 2.45) is 0 Å². The van der Waals surface area contributed by atoms with Gasteiger partial charge in [-0.15, -0.1) is 5.10 Å². The van der Waals surface area contributed by atoms with Crippen molar-refractivity contribution in [3.05, 3.63) is 30.0 Å². The second-order valence-corrected chi connectivity index (χ2v) is 3.50. The molecule has 0 spiro atoms. The summed E-state index contributed by atoms with van der Waals surface area (Å²) in [6, 6.07) is 1.87. The van der Waals surface area contributed by atoms with Gasteiger partial charge in [0, 0.05) is 6.54 Å². The number of carbonyl (C=O) groups is 1. The van der Waals surface area contributed by atoms with Crippen LogP contribution in [-0.2, 0) is 6.54 Å². The molecule has 9 heteroatoms. The number of nitriles is 1. The minimum absolute atomic E-state index is 0.0989. The fraction of sp³-hybridized carbons (Fsp3) is 0.200. The maximum absolute atomic E-state index is 10.6. The number of aromatic nitrogens is 5. The van der Waals surface area contributed by atoms with Crippen molar-refractivity contribution in [3.63, 3.8) is 0 Å². The lowest BCUT2D eigenvalue weighted by molar-refractivity contribution is 0.0690. The van der Waals surface area contributed by atoms with Crippen molar-refractivity contribution >= 4 is 11.8 Å². The number of nitrogens with zero attached hydrogens (tertiary/aromatic N) is 6. The van der Waals surface area contributed by atoms with Crippen LogP contribution in [0.4, 0.5) is 5.82 Å². The second-order valence-electron chi connectivity index (χ2n) is 3.50. The lowest BCUT2D eigenvalue weighted by atomic mass is 10.5. The van der Waals surface area contributed by atoms with E-state index in [1.807, 2.05) is 6.07 Å². The van der Waals surface area contributed by atoms with Crippen LogP contribution in [0.25, 0.3) is 0 Å².